The van der Waals surface area contributed by atoms with Crippen molar-refractivity contribution in [1.82, 2.24) is 14.9 Å². The number of hydrogen-bond acceptors (Lipinski definition) is 3. The van der Waals surface area contributed by atoms with Crippen LogP contribution in [0.25, 0.3) is 21.8 Å². The van der Waals surface area contributed by atoms with Crippen LogP contribution in [0.2, 0.25) is 5.02 Å². The molecule has 0 atom stereocenters. The second-order valence-electron chi connectivity index (χ2n) is 8.40. The van der Waals surface area contributed by atoms with Gasteiger partial charge in [0.15, 0.2) is 0 Å². The van der Waals surface area contributed by atoms with Crippen LogP contribution in [0.5, 0.6) is 0 Å². The van der Waals surface area contributed by atoms with E-state index in [4.69, 9.17) is 11.6 Å². The number of nitrogens with one attached hydrogen (secondary N) is 2. The molecule has 4 nitrogen and oxygen atoms in total. The third kappa shape index (κ3) is 5.36. The third-order valence-corrected chi connectivity index (χ3v) is 6.18. The van der Waals surface area contributed by atoms with Gasteiger partial charge in [0.2, 0.25) is 0 Å². The molecule has 2 heterocycles. The molecular weight excluding hydrogens is 428 g/mol. The molecule has 0 saturated heterocycles. The number of hydrogen-bond donors (Lipinski definition) is 2. The molecule has 0 unspecified atom stereocenters. The molecule has 5 rings (SSSR count). The fraction of sp³-hybridized carbons (Fsp3) is 0.179. The first-order chi connectivity index (χ1) is 16.2. The second-order valence-corrected chi connectivity index (χ2v) is 8.83. The number of fused-ring (bicyclic) bond motifs is 2. The zero-order chi connectivity index (χ0) is 22.5. The van der Waals surface area contributed by atoms with Gasteiger partial charge in [-0.3, -0.25) is 9.88 Å². The topological polar surface area (TPSA) is 44.0 Å². The first kappa shape index (κ1) is 21.5. The number of benzene rings is 3. The van der Waals surface area contributed by atoms with Gasteiger partial charge in [-0.25, -0.2) is 0 Å². The lowest BCUT2D eigenvalue weighted by Gasteiger charge is -2.23. The number of aromatic nitrogens is 2. The predicted octanol–water partition coefficient (Wildman–Crippen LogP) is 6.87. The molecule has 0 fully saturated rings. The highest BCUT2D eigenvalue weighted by molar-refractivity contribution is 6.31. The molecule has 0 bridgehead atoms. The number of H-pyrrole nitrogens is 1. The van der Waals surface area contributed by atoms with Crippen LogP contribution in [-0.2, 0) is 13.1 Å². The van der Waals surface area contributed by atoms with Gasteiger partial charge in [-0.15, -0.1) is 0 Å². The molecule has 0 spiro atoms. The number of rotatable bonds is 9. The maximum atomic E-state index is 6.12. The standard InChI is InChI=1S/C28H27ClN4/c29-24-8-9-25-27(12-15-32-28(25)18-24)30-13-4-16-33(19-21-5-2-1-3-6-21)20-22-7-10-26-23(17-22)11-14-31-26/h1-3,5-12,14-15,17-18,31H,4,13,16,19-20H2,(H,30,32). The summed E-state index contributed by atoms with van der Waals surface area (Å²) in [5, 5.41) is 6.67. The Labute approximate surface area is 199 Å². The van der Waals surface area contributed by atoms with Gasteiger partial charge in [-0.1, -0.05) is 48.0 Å². The largest absolute Gasteiger partial charge is 0.384 e. The summed E-state index contributed by atoms with van der Waals surface area (Å²) in [5.74, 6) is 0. The SMILES string of the molecule is Clc1ccc2c(NCCCN(Cc3ccccc3)Cc3ccc4[nH]ccc4c3)ccnc2c1. The first-order valence-corrected chi connectivity index (χ1v) is 11.7. The molecule has 0 aliphatic heterocycles. The molecule has 0 aliphatic carbocycles. The Balaban J connectivity index is 1.25. The Hall–Kier alpha value is -3.34. The lowest BCUT2D eigenvalue weighted by atomic mass is 10.1. The average molecular weight is 455 g/mol. The van der Waals surface area contributed by atoms with Crippen molar-refractivity contribution in [2.75, 3.05) is 18.4 Å². The molecule has 5 heteroatoms. The molecule has 0 aliphatic rings. The number of nitrogens with zero attached hydrogens (tertiary/aromatic N) is 2. The average Bonchev–Trinajstić information content (AvgIpc) is 3.30. The number of pyridine rings is 1. The van der Waals surface area contributed by atoms with Crippen LogP contribution < -0.4 is 5.32 Å². The molecule has 0 amide bonds. The van der Waals surface area contributed by atoms with E-state index in [1.165, 1.54) is 22.0 Å². The minimum Gasteiger partial charge on any atom is -0.384 e. The van der Waals surface area contributed by atoms with Crippen LogP contribution in [-0.4, -0.2) is 28.0 Å². The van der Waals surface area contributed by atoms with Crippen LogP contribution in [0.15, 0.2) is 91.3 Å². The van der Waals surface area contributed by atoms with E-state index in [9.17, 15) is 0 Å². The van der Waals surface area contributed by atoms with Crippen molar-refractivity contribution < 1.29 is 0 Å². The maximum Gasteiger partial charge on any atom is 0.0737 e. The Bertz CT molecular complexity index is 1350. The van der Waals surface area contributed by atoms with Gasteiger partial charge in [-0.2, -0.15) is 0 Å². The van der Waals surface area contributed by atoms with Gasteiger partial charge in [0, 0.05) is 60.2 Å². The normalized spacial score (nSPS) is 11.5. The highest BCUT2D eigenvalue weighted by Crippen LogP contribution is 2.24. The molecule has 0 saturated carbocycles. The van der Waals surface area contributed by atoms with E-state index in [0.717, 1.165) is 49.2 Å². The molecule has 166 valence electrons. The summed E-state index contributed by atoms with van der Waals surface area (Å²) in [5.41, 5.74) is 5.87. The van der Waals surface area contributed by atoms with Gasteiger partial charge in [0.1, 0.15) is 0 Å². The smallest absolute Gasteiger partial charge is 0.0737 e. The van der Waals surface area contributed by atoms with Gasteiger partial charge in [0.05, 0.1) is 5.52 Å². The van der Waals surface area contributed by atoms with Crippen molar-refractivity contribution in [3.63, 3.8) is 0 Å². The number of aromatic amines is 1. The van der Waals surface area contributed by atoms with E-state index in [1.807, 2.05) is 36.7 Å². The van der Waals surface area contributed by atoms with Crippen molar-refractivity contribution in [2.24, 2.45) is 0 Å². The van der Waals surface area contributed by atoms with Crippen molar-refractivity contribution in [2.45, 2.75) is 19.5 Å². The summed E-state index contributed by atoms with van der Waals surface area (Å²) in [6, 6.07) is 27.4. The molecule has 33 heavy (non-hydrogen) atoms. The molecule has 0 radical (unpaired) electrons. The zero-order valence-corrected chi connectivity index (χ0v) is 19.2. The summed E-state index contributed by atoms with van der Waals surface area (Å²) >= 11 is 6.12. The number of anilines is 1. The van der Waals surface area contributed by atoms with E-state index in [2.05, 4.69) is 74.8 Å². The summed E-state index contributed by atoms with van der Waals surface area (Å²) in [4.78, 5) is 10.2. The van der Waals surface area contributed by atoms with Gasteiger partial charge < -0.3 is 10.3 Å². The van der Waals surface area contributed by atoms with Crippen LogP contribution in [0.3, 0.4) is 0 Å². The molecule has 5 aromatic rings. The molecule has 3 aromatic carbocycles. The fourth-order valence-corrected chi connectivity index (χ4v) is 4.48. The second kappa shape index (κ2) is 10.1. The number of halogens is 1. The summed E-state index contributed by atoms with van der Waals surface area (Å²) < 4.78 is 0. The van der Waals surface area contributed by atoms with Crippen molar-refractivity contribution in [1.29, 1.82) is 0 Å². The van der Waals surface area contributed by atoms with Gasteiger partial charge in [-0.05, 0) is 65.4 Å². The predicted molar refractivity (Wildman–Crippen MR) is 139 cm³/mol. The van der Waals surface area contributed by atoms with E-state index >= 15 is 0 Å². The van der Waals surface area contributed by atoms with Crippen LogP contribution >= 0.6 is 11.6 Å². The maximum absolute atomic E-state index is 6.12. The Morgan fingerprint density at radius 1 is 0.879 bits per heavy atom. The van der Waals surface area contributed by atoms with Crippen molar-refractivity contribution in [3.8, 4) is 0 Å². The quantitative estimate of drug-likeness (QED) is 0.239. The highest BCUT2D eigenvalue weighted by atomic mass is 35.5. The van der Waals surface area contributed by atoms with Gasteiger partial charge in [0.25, 0.3) is 0 Å². The first-order valence-electron chi connectivity index (χ1n) is 11.3. The Morgan fingerprint density at radius 2 is 1.76 bits per heavy atom. The van der Waals surface area contributed by atoms with E-state index in [1.54, 1.807) is 0 Å². The lowest BCUT2D eigenvalue weighted by Crippen LogP contribution is -2.25. The van der Waals surface area contributed by atoms with Crippen molar-refractivity contribution in [3.05, 3.63) is 107 Å². The lowest BCUT2D eigenvalue weighted by molar-refractivity contribution is 0.256. The Kier molecular flexibility index (Phi) is 6.56. The van der Waals surface area contributed by atoms with Crippen LogP contribution in [0.1, 0.15) is 17.5 Å². The van der Waals surface area contributed by atoms with Crippen molar-refractivity contribution >= 4 is 39.1 Å². The minimum absolute atomic E-state index is 0.710. The molecule has 2 aromatic heterocycles. The Morgan fingerprint density at radius 3 is 2.67 bits per heavy atom. The zero-order valence-electron chi connectivity index (χ0n) is 18.5. The minimum atomic E-state index is 0.710. The molecule has 2 N–H and O–H groups in total. The van der Waals surface area contributed by atoms with E-state index in [0.29, 0.717) is 5.02 Å². The summed E-state index contributed by atoms with van der Waals surface area (Å²) in [7, 11) is 0. The fourth-order valence-electron chi connectivity index (χ4n) is 4.32. The highest BCUT2D eigenvalue weighted by Gasteiger charge is 2.09. The monoisotopic (exact) mass is 454 g/mol. The van der Waals surface area contributed by atoms with Gasteiger partial charge >= 0.3 is 0 Å². The van der Waals surface area contributed by atoms with Crippen LogP contribution in [0.4, 0.5) is 5.69 Å². The third-order valence-electron chi connectivity index (χ3n) is 5.94. The molecular formula is C28H27ClN4. The van der Waals surface area contributed by atoms with E-state index in [-0.39, 0.29) is 0 Å². The summed E-state index contributed by atoms with van der Waals surface area (Å²) in [6.45, 7) is 3.75. The van der Waals surface area contributed by atoms with E-state index < -0.39 is 0 Å². The summed E-state index contributed by atoms with van der Waals surface area (Å²) in [6.07, 6.45) is 4.87. The van der Waals surface area contributed by atoms with Crippen LogP contribution in [0, 0.1) is 0 Å².